The van der Waals surface area contributed by atoms with Crippen molar-refractivity contribution < 1.29 is 26.4 Å². The van der Waals surface area contributed by atoms with Crippen molar-refractivity contribution in [3.05, 3.63) is 0 Å². The number of alkyl halides is 3. The van der Waals surface area contributed by atoms with E-state index in [1.807, 2.05) is 19.6 Å². The highest BCUT2D eigenvalue weighted by Crippen LogP contribution is 2.21. The van der Waals surface area contributed by atoms with Crippen molar-refractivity contribution in [3.63, 3.8) is 0 Å². The zero-order valence-electron chi connectivity index (χ0n) is 9.18. The molecule has 0 aliphatic heterocycles. The minimum absolute atomic E-state index is 0.203. The summed E-state index contributed by atoms with van der Waals surface area (Å²) in [6, 6.07) is 0.437. The largest absolute Gasteiger partial charge is 0.516 e. The Morgan fingerprint density at radius 3 is 2.00 bits per heavy atom. The minimum atomic E-state index is -5.55. The van der Waals surface area contributed by atoms with E-state index in [1.54, 1.807) is 0 Å². The van der Waals surface area contributed by atoms with E-state index in [9.17, 15) is 26.4 Å². The maximum absolute atomic E-state index is 11.9. The molecule has 0 aromatic heterocycles. The molecule has 0 aromatic carbocycles. The van der Waals surface area contributed by atoms with E-state index in [0.717, 1.165) is 4.72 Å². The molecule has 1 N–H and O–H groups in total. The summed E-state index contributed by atoms with van der Waals surface area (Å²) in [5, 5.41) is 0. The van der Waals surface area contributed by atoms with Crippen molar-refractivity contribution in [1.82, 2.24) is 4.72 Å². The lowest BCUT2D eigenvalue weighted by molar-refractivity contribution is -0.119. The Kier molecular flexibility index (Phi) is 4.57. The normalized spacial score (nSPS) is 13.6. The summed E-state index contributed by atoms with van der Waals surface area (Å²) < 4.78 is 57.7. The van der Waals surface area contributed by atoms with E-state index < -0.39 is 29.5 Å². The quantitative estimate of drug-likeness (QED) is 0.795. The van der Waals surface area contributed by atoms with E-state index >= 15 is 0 Å². The van der Waals surface area contributed by atoms with Crippen molar-refractivity contribution in [1.29, 1.82) is 0 Å². The smallest absolute Gasteiger partial charge is 0.274 e. The Labute approximate surface area is 93.3 Å². The molecule has 0 radical (unpaired) electrons. The average molecular weight is 277 g/mol. The number of amides is 1. The SMILES string of the molecule is C[Si](C)(C)CCC(=O)NS(=O)(=O)C(F)(F)F. The molecule has 0 fully saturated rings. The molecule has 4 nitrogen and oxygen atoms in total. The third-order valence-corrected chi connectivity index (χ3v) is 4.51. The monoisotopic (exact) mass is 277 g/mol. The van der Waals surface area contributed by atoms with Gasteiger partial charge in [-0.2, -0.15) is 21.6 Å². The molecule has 1 amide bonds. The first-order valence-corrected chi connectivity index (χ1v) is 9.66. The van der Waals surface area contributed by atoms with E-state index in [4.69, 9.17) is 0 Å². The van der Waals surface area contributed by atoms with Crippen LogP contribution < -0.4 is 4.72 Å². The van der Waals surface area contributed by atoms with Crippen LogP contribution in [-0.2, 0) is 14.8 Å². The van der Waals surface area contributed by atoms with Crippen molar-refractivity contribution in [3.8, 4) is 0 Å². The molecule has 0 spiro atoms. The molecule has 9 heteroatoms. The van der Waals surface area contributed by atoms with Crippen LogP contribution in [-0.4, -0.2) is 27.9 Å². The van der Waals surface area contributed by atoms with Crippen LogP contribution in [0.2, 0.25) is 25.7 Å². The zero-order chi connectivity index (χ0) is 13.2. The molecule has 0 atom stereocenters. The number of carbonyl (C=O) groups excluding carboxylic acids is 1. The number of hydrogen-bond donors (Lipinski definition) is 1. The van der Waals surface area contributed by atoms with Gasteiger partial charge in [0.1, 0.15) is 0 Å². The van der Waals surface area contributed by atoms with Crippen molar-refractivity contribution in [2.24, 2.45) is 0 Å². The van der Waals surface area contributed by atoms with Crippen LogP contribution in [0.4, 0.5) is 13.2 Å². The molecule has 16 heavy (non-hydrogen) atoms. The van der Waals surface area contributed by atoms with Gasteiger partial charge in [0, 0.05) is 14.5 Å². The van der Waals surface area contributed by atoms with Gasteiger partial charge in [0.05, 0.1) is 0 Å². The molecule has 0 rings (SSSR count). The molecule has 0 aliphatic rings. The minimum Gasteiger partial charge on any atom is -0.274 e. The fraction of sp³-hybridized carbons (Fsp3) is 0.857. The maximum atomic E-state index is 11.9. The Morgan fingerprint density at radius 2 is 1.69 bits per heavy atom. The van der Waals surface area contributed by atoms with E-state index in [1.165, 1.54) is 0 Å². The molecule has 0 unspecified atom stereocenters. The summed E-state index contributed by atoms with van der Waals surface area (Å²) in [7, 11) is -7.13. The van der Waals surface area contributed by atoms with Crippen LogP contribution >= 0.6 is 0 Å². The van der Waals surface area contributed by atoms with Gasteiger partial charge in [0.2, 0.25) is 5.91 Å². The number of halogens is 3. The van der Waals surface area contributed by atoms with Crippen LogP contribution in [0.5, 0.6) is 0 Å². The average Bonchev–Trinajstić information content (AvgIpc) is 1.96. The van der Waals surface area contributed by atoms with Gasteiger partial charge < -0.3 is 0 Å². The van der Waals surface area contributed by atoms with Gasteiger partial charge in [0.25, 0.3) is 0 Å². The number of hydrogen-bond acceptors (Lipinski definition) is 3. The standard InChI is InChI=1S/C7H14F3NO3SSi/c1-16(2,3)5-4-6(12)11-15(13,14)7(8,9)10/h4-5H2,1-3H3,(H,11,12). The van der Waals surface area contributed by atoms with Crippen LogP contribution in [0.25, 0.3) is 0 Å². The Balaban J connectivity index is 4.39. The van der Waals surface area contributed by atoms with Gasteiger partial charge in [-0.25, -0.2) is 4.72 Å². The number of carbonyl (C=O) groups is 1. The number of sulfonamides is 1. The summed E-state index contributed by atoms with van der Waals surface area (Å²) in [5.74, 6) is -1.11. The fourth-order valence-corrected chi connectivity index (χ4v) is 2.24. The third kappa shape index (κ3) is 5.49. The second-order valence-corrected chi connectivity index (χ2v) is 11.8. The predicted octanol–water partition coefficient (Wildman–Crippen LogP) is 1.68. The van der Waals surface area contributed by atoms with E-state index in [0.29, 0.717) is 6.04 Å². The topological polar surface area (TPSA) is 63.2 Å². The summed E-state index contributed by atoms with van der Waals surface area (Å²) in [6.45, 7) is 5.79. The molecular formula is C7H14F3NO3SSi. The van der Waals surface area contributed by atoms with Crippen molar-refractivity contribution >= 4 is 24.0 Å². The first-order chi connectivity index (χ1) is 6.85. The van der Waals surface area contributed by atoms with Crippen LogP contribution in [0.15, 0.2) is 0 Å². The third-order valence-electron chi connectivity index (χ3n) is 1.65. The molecule has 0 bridgehead atoms. The molecular weight excluding hydrogens is 263 g/mol. The number of rotatable bonds is 4. The van der Waals surface area contributed by atoms with E-state index in [-0.39, 0.29) is 6.42 Å². The maximum Gasteiger partial charge on any atom is 0.516 e. The van der Waals surface area contributed by atoms with Crippen LogP contribution in [0.3, 0.4) is 0 Å². The van der Waals surface area contributed by atoms with Crippen LogP contribution in [0, 0.1) is 0 Å². The van der Waals surface area contributed by atoms with Gasteiger partial charge in [-0.1, -0.05) is 19.6 Å². The highest BCUT2D eigenvalue weighted by atomic mass is 32.2. The van der Waals surface area contributed by atoms with Gasteiger partial charge in [0.15, 0.2) is 0 Å². The Hall–Kier alpha value is -0.573. The second-order valence-electron chi connectivity index (χ2n) is 4.54. The molecule has 0 heterocycles. The molecule has 0 saturated heterocycles. The highest BCUT2D eigenvalue weighted by molar-refractivity contribution is 7.90. The summed E-state index contributed by atoms with van der Waals surface area (Å²) >= 11 is 0. The molecule has 96 valence electrons. The summed E-state index contributed by atoms with van der Waals surface area (Å²) in [6.07, 6.45) is -0.203. The summed E-state index contributed by atoms with van der Waals surface area (Å²) in [4.78, 5) is 11.0. The number of nitrogens with one attached hydrogen (secondary N) is 1. The highest BCUT2D eigenvalue weighted by Gasteiger charge is 2.46. The van der Waals surface area contributed by atoms with E-state index in [2.05, 4.69) is 0 Å². The zero-order valence-corrected chi connectivity index (χ0v) is 11.0. The van der Waals surface area contributed by atoms with Crippen LogP contribution in [0.1, 0.15) is 6.42 Å². The van der Waals surface area contributed by atoms with Gasteiger partial charge in [-0.15, -0.1) is 0 Å². The Bertz CT molecular complexity index is 358. The predicted molar refractivity (Wildman–Crippen MR) is 55.9 cm³/mol. The van der Waals surface area contributed by atoms with Crippen molar-refractivity contribution in [2.45, 2.75) is 37.6 Å². The first kappa shape index (κ1) is 15.4. The first-order valence-electron chi connectivity index (χ1n) is 4.47. The lowest BCUT2D eigenvalue weighted by Gasteiger charge is -2.15. The van der Waals surface area contributed by atoms with Gasteiger partial charge in [-0.3, -0.25) is 4.79 Å². The lowest BCUT2D eigenvalue weighted by atomic mass is 10.5. The summed E-state index contributed by atoms with van der Waals surface area (Å²) in [5.41, 5.74) is -5.44. The molecule has 0 saturated carbocycles. The molecule has 0 aromatic rings. The molecule has 0 aliphatic carbocycles. The lowest BCUT2D eigenvalue weighted by Crippen LogP contribution is -2.40. The fourth-order valence-electron chi connectivity index (χ4n) is 0.747. The second kappa shape index (κ2) is 4.74. The van der Waals surface area contributed by atoms with Gasteiger partial charge in [-0.05, 0) is 6.04 Å². The van der Waals surface area contributed by atoms with Gasteiger partial charge >= 0.3 is 15.5 Å². The Morgan fingerprint density at radius 1 is 1.25 bits per heavy atom. The van der Waals surface area contributed by atoms with Crippen molar-refractivity contribution in [2.75, 3.05) is 0 Å².